The molecule has 3 rings (SSSR count). The van der Waals surface area contributed by atoms with E-state index in [-0.39, 0.29) is 11.8 Å². The van der Waals surface area contributed by atoms with E-state index in [2.05, 4.69) is 17.3 Å². The molecule has 20 heavy (non-hydrogen) atoms. The number of piperidine rings is 1. The topological polar surface area (TPSA) is 64.0 Å². The molecule has 0 aromatic carbocycles. The van der Waals surface area contributed by atoms with Crippen molar-refractivity contribution in [2.24, 2.45) is 0 Å². The van der Waals surface area contributed by atoms with Crippen molar-refractivity contribution in [1.82, 2.24) is 15.1 Å². The third kappa shape index (κ3) is 2.76. The van der Waals surface area contributed by atoms with E-state index in [0.717, 1.165) is 31.6 Å². The maximum atomic E-state index is 11.8. The number of hydrogen-bond donors (Lipinski definition) is 1. The molecule has 112 valence electrons. The summed E-state index contributed by atoms with van der Waals surface area (Å²) in [5.41, 5.74) is 2.45. The summed E-state index contributed by atoms with van der Waals surface area (Å²) in [6.07, 6.45) is 6.03. The fourth-order valence-electron chi connectivity index (χ4n) is 3.51. The zero-order valence-corrected chi connectivity index (χ0v) is 12.8. The number of sulfone groups is 1. The minimum atomic E-state index is -2.89. The minimum Gasteiger partial charge on any atom is -0.316 e. The smallest absolute Gasteiger partial charge is 0.152 e. The maximum Gasteiger partial charge on any atom is 0.152 e. The van der Waals surface area contributed by atoms with Crippen LogP contribution in [0.4, 0.5) is 0 Å². The Kier molecular flexibility index (Phi) is 3.86. The third-order valence-corrected chi connectivity index (χ3v) is 6.41. The molecule has 0 bridgehead atoms. The van der Waals surface area contributed by atoms with E-state index in [1.165, 1.54) is 18.4 Å². The first-order valence-corrected chi connectivity index (χ1v) is 9.34. The van der Waals surface area contributed by atoms with Crippen LogP contribution in [0.25, 0.3) is 0 Å². The second kappa shape index (κ2) is 5.48. The number of nitrogens with one attached hydrogen (secondary N) is 1. The lowest BCUT2D eigenvalue weighted by Crippen LogP contribution is -2.30. The number of aromatic nitrogens is 2. The average molecular weight is 297 g/mol. The molecule has 0 radical (unpaired) electrons. The molecule has 1 aromatic rings. The Balaban J connectivity index is 1.82. The normalized spacial score (nSPS) is 30.2. The molecular formula is C14H23N3O2S. The van der Waals surface area contributed by atoms with Gasteiger partial charge in [-0.1, -0.05) is 0 Å². The van der Waals surface area contributed by atoms with Gasteiger partial charge in [0.05, 0.1) is 23.7 Å². The molecule has 3 heterocycles. The molecule has 6 heteroatoms. The van der Waals surface area contributed by atoms with E-state index in [1.807, 2.05) is 10.9 Å². The molecule has 2 aliphatic rings. The Hall–Kier alpha value is -0.880. The number of nitrogens with zero attached hydrogens (tertiary/aromatic N) is 2. The molecule has 2 saturated heterocycles. The van der Waals surface area contributed by atoms with E-state index < -0.39 is 9.84 Å². The van der Waals surface area contributed by atoms with E-state index in [4.69, 9.17) is 0 Å². The average Bonchev–Trinajstić information content (AvgIpc) is 2.80. The summed E-state index contributed by atoms with van der Waals surface area (Å²) in [4.78, 5) is 0. The fourth-order valence-corrected chi connectivity index (χ4v) is 5.18. The van der Waals surface area contributed by atoms with E-state index in [9.17, 15) is 8.42 Å². The summed E-state index contributed by atoms with van der Waals surface area (Å²) in [5.74, 6) is 1.11. The summed E-state index contributed by atoms with van der Waals surface area (Å²) < 4.78 is 25.6. The van der Waals surface area contributed by atoms with Crippen LogP contribution < -0.4 is 5.32 Å². The summed E-state index contributed by atoms with van der Waals surface area (Å²) in [6.45, 7) is 4.19. The van der Waals surface area contributed by atoms with Gasteiger partial charge in [0.1, 0.15) is 0 Å². The van der Waals surface area contributed by atoms with Crippen LogP contribution in [0.1, 0.15) is 48.9 Å². The van der Waals surface area contributed by atoms with Crippen molar-refractivity contribution in [3.63, 3.8) is 0 Å². The summed E-state index contributed by atoms with van der Waals surface area (Å²) >= 11 is 0. The maximum absolute atomic E-state index is 11.8. The highest BCUT2D eigenvalue weighted by Crippen LogP contribution is 2.30. The van der Waals surface area contributed by atoms with Gasteiger partial charge in [0.2, 0.25) is 0 Å². The molecule has 2 aliphatic heterocycles. The van der Waals surface area contributed by atoms with Crippen molar-refractivity contribution >= 4 is 9.84 Å². The second-order valence-electron chi connectivity index (χ2n) is 6.08. The molecule has 2 fully saturated rings. The minimum absolute atomic E-state index is 0.0269. The second-order valence-corrected chi connectivity index (χ2v) is 8.31. The van der Waals surface area contributed by atoms with Crippen LogP contribution in [0, 0.1) is 6.92 Å². The first kappa shape index (κ1) is 14.1. The Bertz CT molecular complexity index is 573. The van der Waals surface area contributed by atoms with Gasteiger partial charge in [-0.2, -0.15) is 5.10 Å². The van der Waals surface area contributed by atoms with Crippen molar-refractivity contribution in [3.8, 4) is 0 Å². The highest BCUT2D eigenvalue weighted by molar-refractivity contribution is 7.91. The van der Waals surface area contributed by atoms with Gasteiger partial charge in [-0.3, -0.25) is 4.68 Å². The van der Waals surface area contributed by atoms with E-state index in [1.54, 1.807) is 0 Å². The molecule has 1 aromatic heterocycles. The Morgan fingerprint density at radius 1 is 1.35 bits per heavy atom. The lowest BCUT2D eigenvalue weighted by Gasteiger charge is -2.25. The van der Waals surface area contributed by atoms with Crippen LogP contribution in [0.5, 0.6) is 0 Å². The molecule has 0 aliphatic carbocycles. The van der Waals surface area contributed by atoms with Crippen LogP contribution in [0.15, 0.2) is 6.20 Å². The van der Waals surface area contributed by atoms with Gasteiger partial charge in [0, 0.05) is 12.2 Å². The molecule has 0 saturated carbocycles. The van der Waals surface area contributed by atoms with Gasteiger partial charge in [0.15, 0.2) is 9.84 Å². The predicted molar refractivity (Wildman–Crippen MR) is 78.7 cm³/mol. The fraction of sp³-hybridized carbons (Fsp3) is 0.786. The van der Waals surface area contributed by atoms with Crippen molar-refractivity contribution < 1.29 is 8.42 Å². The first-order chi connectivity index (χ1) is 9.57. The number of hydrogen-bond acceptors (Lipinski definition) is 4. The highest BCUT2D eigenvalue weighted by Gasteiger charge is 2.29. The Morgan fingerprint density at radius 2 is 2.20 bits per heavy atom. The monoisotopic (exact) mass is 297 g/mol. The zero-order valence-electron chi connectivity index (χ0n) is 12.0. The summed E-state index contributed by atoms with van der Waals surface area (Å²) in [6, 6.07) is 0.0269. The molecular weight excluding hydrogens is 274 g/mol. The molecule has 5 nitrogen and oxygen atoms in total. The van der Waals surface area contributed by atoms with Crippen LogP contribution in [0.3, 0.4) is 0 Å². The van der Waals surface area contributed by atoms with Crippen LogP contribution in [0.2, 0.25) is 0 Å². The van der Waals surface area contributed by atoms with Gasteiger partial charge in [-0.05, 0) is 50.6 Å². The van der Waals surface area contributed by atoms with Crippen LogP contribution in [-0.2, 0) is 9.84 Å². The summed E-state index contributed by atoms with van der Waals surface area (Å²) in [7, 11) is -2.89. The molecule has 2 unspecified atom stereocenters. The largest absolute Gasteiger partial charge is 0.316 e. The highest BCUT2D eigenvalue weighted by atomic mass is 32.2. The van der Waals surface area contributed by atoms with Crippen molar-refractivity contribution in [2.45, 2.75) is 44.6 Å². The van der Waals surface area contributed by atoms with E-state index in [0.29, 0.717) is 11.7 Å². The molecule has 0 spiro atoms. The standard InChI is InChI=1S/C14H23N3O2S/c1-11-14(12-4-2-6-15-8-12)9-16-17(11)13-5-3-7-20(18,19)10-13/h9,12-13,15H,2-8,10H2,1H3. The molecule has 1 N–H and O–H groups in total. The summed E-state index contributed by atoms with van der Waals surface area (Å²) in [5, 5.41) is 7.93. The van der Waals surface area contributed by atoms with Gasteiger partial charge >= 0.3 is 0 Å². The molecule has 0 amide bonds. The predicted octanol–water partition coefficient (Wildman–Crippen LogP) is 1.41. The van der Waals surface area contributed by atoms with E-state index >= 15 is 0 Å². The Labute approximate surface area is 120 Å². The first-order valence-electron chi connectivity index (χ1n) is 7.52. The van der Waals surface area contributed by atoms with Gasteiger partial charge in [-0.15, -0.1) is 0 Å². The van der Waals surface area contributed by atoms with Crippen LogP contribution >= 0.6 is 0 Å². The lowest BCUT2D eigenvalue weighted by molar-refractivity contribution is 0.424. The molecule has 2 atom stereocenters. The van der Waals surface area contributed by atoms with Crippen LogP contribution in [-0.4, -0.2) is 42.8 Å². The SMILES string of the molecule is Cc1c(C2CCCNC2)cnn1C1CCCS(=O)(=O)C1. The van der Waals surface area contributed by atoms with Crippen molar-refractivity contribution in [1.29, 1.82) is 0 Å². The Morgan fingerprint density at radius 3 is 2.90 bits per heavy atom. The zero-order chi connectivity index (χ0) is 14.2. The quantitative estimate of drug-likeness (QED) is 0.896. The van der Waals surface area contributed by atoms with Gasteiger partial charge in [-0.25, -0.2) is 8.42 Å². The van der Waals surface area contributed by atoms with Crippen molar-refractivity contribution in [2.75, 3.05) is 24.6 Å². The van der Waals surface area contributed by atoms with Gasteiger partial charge in [0.25, 0.3) is 0 Å². The number of rotatable bonds is 2. The lowest BCUT2D eigenvalue weighted by atomic mass is 9.92. The van der Waals surface area contributed by atoms with Gasteiger partial charge < -0.3 is 5.32 Å². The van der Waals surface area contributed by atoms with Crippen molar-refractivity contribution in [3.05, 3.63) is 17.5 Å². The third-order valence-electron chi connectivity index (χ3n) is 4.60.